The second-order valence-electron chi connectivity index (χ2n) is 4.72. The minimum absolute atomic E-state index is 0.0934. The van der Waals surface area contributed by atoms with Crippen molar-refractivity contribution in [3.05, 3.63) is 23.2 Å². The van der Waals surface area contributed by atoms with Gasteiger partial charge in [-0.2, -0.15) is 0 Å². The molecule has 0 saturated heterocycles. The van der Waals surface area contributed by atoms with Gasteiger partial charge < -0.3 is 19.3 Å². The Morgan fingerprint density at radius 2 is 1.70 bits per heavy atom. The van der Waals surface area contributed by atoms with Crippen molar-refractivity contribution >= 4 is 28.3 Å². The first-order chi connectivity index (χ1) is 11.0. The van der Waals surface area contributed by atoms with Gasteiger partial charge in [0.1, 0.15) is 0 Å². The van der Waals surface area contributed by atoms with Crippen molar-refractivity contribution in [1.82, 2.24) is 0 Å². The molecule has 0 aromatic heterocycles. The van der Waals surface area contributed by atoms with Crippen LogP contribution in [0.15, 0.2) is 18.2 Å². The molecule has 0 fully saturated rings. The summed E-state index contributed by atoms with van der Waals surface area (Å²) < 4.78 is 16.5. The fourth-order valence-electron chi connectivity index (χ4n) is 2.21. The Morgan fingerprint density at radius 3 is 2.30 bits per heavy atom. The number of halogens is 1. The van der Waals surface area contributed by atoms with Crippen LogP contribution in [0.3, 0.4) is 0 Å². The fraction of sp³-hybridized carbons (Fsp3) is 0.353. The summed E-state index contributed by atoms with van der Waals surface area (Å²) in [7, 11) is 0. The normalized spacial score (nSPS) is 10.6. The van der Waals surface area contributed by atoms with Crippen LogP contribution in [0.5, 0.6) is 23.0 Å². The van der Waals surface area contributed by atoms with Crippen LogP contribution in [0.4, 0.5) is 0 Å². The van der Waals surface area contributed by atoms with Gasteiger partial charge in [-0.1, -0.05) is 18.5 Å². The lowest BCUT2D eigenvalue weighted by atomic mass is 10.1. The first kappa shape index (κ1) is 17.2. The number of phenols is 1. The average Bonchev–Trinajstić information content (AvgIpc) is 2.54. The molecular weight excluding hydrogens is 320 g/mol. The van der Waals surface area contributed by atoms with E-state index in [0.29, 0.717) is 29.0 Å². The minimum atomic E-state index is -0.407. The van der Waals surface area contributed by atoms with Crippen molar-refractivity contribution in [3.63, 3.8) is 0 Å². The highest BCUT2D eigenvalue weighted by Crippen LogP contribution is 2.51. The Balaban J connectivity index is 2.81. The number of hydrogen-bond donors (Lipinski definition) is 1. The molecule has 2 rings (SSSR count). The van der Waals surface area contributed by atoms with Crippen molar-refractivity contribution < 1.29 is 24.1 Å². The van der Waals surface area contributed by atoms with E-state index >= 15 is 0 Å². The third kappa shape index (κ3) is 3.45. The van der Waals surface area contributed by atoms with Gasteiger partial charge in [0.2, 0.25) is 11.5 Å². The van der Waals surface area contributed by atoms with Gasteiger partial charge in [0.05, 0.1) is 13.2 Å². The summed E-state index contributed by atoms with van der Waals surface area (Å²) in [6.45, 7) is 5.93. The van der Waals surface area contributed by atoms with Crippen LogP contribution >= 0.6 is 11.6 Å². The van der Waals surface area contributed by atoms with Crippen LogP contribution in [0, 0.1) is 0 Å². The third-order valence-corrected chi connectivity index (χ3v) is 3.43. The molecule has 0 saturated carbocycles. The highest BCUT2D eigenvalue weighted by atomic mass is 35.5. The number of phenolic OH excluding ortho intramolecular Hbond substituents is 1. The quantitative estimate of drug-likeness (QED) is 0.628. The van der Waals surface area contributed by atoms with E-state index in [1.54, 1.807) is 39.0 Å². The summed E-state index contributed by atoms with van der Waals surface area (Å²) in [5.41, 5.74) is 0. The van der Waals surface area contributed by atoms with E-state index in [9.17, 15) is 9.90 Å². The molecule has 0 atom stereocenters. The van der Waals surface area contributed by atoms with Crippen molar-refractivity contribution in [2.24, 2.45) is 0 Å². The Kier molecular flexibility index (Phi) is 5.55. The number of ether oxygens (including phenoxy) is 3. The van der Waals surface area contributed by atoms with Crippen LogP contribution < -0.4 is 14.2 Å². The van der Waals surface area contributed by atoms with Crippen LogP contribution in [0.25, 0.3) is 10.8 Å². The van der Waals surface area contributed by atoms with Gasteiger partial charge in [-0.05, 0) is 32.0 Å². The topological polar surface area (TPSA) is 65.0 Å². The molecule has 6 heteroatoms. The summed E-state index contributed by atoms with van der Waals surface area (Å²) in [5.74, 6) is 0.0811. The number of rotatable bonds is 6. The zero-order valence-electron chi connectivity index (χ0n) is 13.3. The summed E-state index contributed by atoms with van der Waals surface area (Å²) in [5, 5.41) is 11.9. The molecule has 2 aromatic carbocycles. The maximum atomic E-state index is 11.8. The van der Waals surface area contributed by atoms with Crippen LogP contribution in [-0.2, 0) is 4.79 Å². The van der Waals surface area contributed by atoms with E-state index in [4.69, 9.17) is 25.8 Å². The van der Waals surface area contributed by atoms with Crippen LogP contribution in [0.1, 0.15) is 27.2 Å². The van der Waals surface area contributed by atoms with Gasteiger partial charge in [-0.25, -0.2) is 0 Å². The van der Waals surface area contributed by atoms with E-state index in [1.807, 2.05) is 0 Å². The van der Waals surface area contributed by atoms with Gasteiger partial charge in [0.15, 0.2) is 11.5 Å². The number of benzene rings is 2. The highest BCUT2D eigenvalue weighted by Gasteiger charge is 2.24. The van der Waals surface area contributed by atoms with E-state index in [0.717, 1.165) is 0 Å². The monoisotopic (exact) mass is 338 g/mol. The van der Waals surface area contributed by atoms with Crippen molar-refractivity contribution in [2.45, 2.75) is 27.2 Å². The fourth-order valence-corrected chi connectivity index (χ4v) is 2.38. The Morgan fingerprint density at radius 1 is 1.04 bits per heavy atom. The molecule has 0 aliphatic heterocycles. The van der Waals surface area contributed by atoms with Crippen molar-refractivity contribution in [2.75, 3.05) is 13.2 Å². The second kappa shape index (κ2) is 7.42. The Bertz CT molecular complexity index is 727. The molecule has 0 aliphatic rings. The van der Waals surface area contributed by atoms with E-state index in [1.165, 1.54) is 0 Å². The molecule has 1 N–H and O–H groups in total. The summed E-state index contributed by atoms with van der Waals surface area (Å²) >= 11 is 6.02. The summed E-state index contributed by atoms with van der Waals surface area (Å²) in [6.07, 6.45) is 0.214. The molecule has 0 unspecified atom stereocenters. The average molecular weight is 339 g/mol. The summed E-state index contributed by atoms with van der Waals surface area (Å²) in [6, 6.07) is 4.92. The molecule has 124 valence electrons. The van der Waals surface area contributed by atoms with E-state index in [-0.39, 0.29) is 29.4 Å². The maximum Gasteiger partial charge on any atom is 0.311 e. The van der Waals surface area contributed by atoms with Gasteiger partial charge in [-0.3, -0.25) is 4.79 Å². The molecule has 0 spiro atoms. The van der Waals surface area contributed by atoms with Crippen molar-refractivity contribution in [3.8, 4) is 23.0 Å². The highest BCUT2D eigenvalue weighted by molar-refractivity contribution is 6.31. The molecule has 2 aromatic rings. The number of carbonyl (C=O) groups excluding carboxylic acids is 1. The predicted octanol–water partition coefficient (Wildman–Crippen LogP) is 4.31. The standard InChI is InChI=1S/C17H19ClO5/c1-4-13(19)23-15-11-8-7-10(18)9-12(11)14(20)16(21-5-2)17(15)22-6-3/h7-9,20H,4-6H2,1-3H3. The molecule has 0 amide bonds. The largest absolute Gasteiger partial charge is 0.504 e. The lowest BCUT2D eigenvalue weighted by Gasteiger charge is -2.19. The molecule has 0 radical (unpaired) electrons. The molecular formula is C17H19ClO5. The van der Waals surface area contributed by atoms with E-state index < -0.39 is 5.97 Å². The van der Waals surface area contributed by atoms with Crippen molar-refractivity contribution in [1.29, 1.82) is 0 Å². The van der Waals surface area contributed by atoms with Crippen LogP contribution in [0.2, 0.25) is 5.02 Å². The number of aromatic hydroxyl groups is 1. The van der Waals surface area contributed by atoms with Gasteiger partial charge in [0.25, 0.3) is 0 Å². The maximum absolute atomic E-state index is 11.8. The van der Waals surface area contributed by atoms with Gasteiger partial charge in [0, 0.05) is 22.2 Å². The van der Waals surface area contributed by atoms with E-state index in [2.05, 4.69) is 0 Å². The zero-order valence-corrected chi connectivity index (χ0v) is 14.1. The first-order valence-corrected chi connectivity index (χ1v) is 7.85. The second-order valence-corrected chi connectivity index (χ2v) is 5.16. The predicted molar refractivity (Wildman–Crippen MR) is 88.9 cm³/mol. The third-order valence-electron chi connectivity index (χ3n) is 3.19. The lowest BCUT2D eigenvalue weighted by Crippen LogP contribution is -2.09. The Labute approximate surface area is 139 Å². The lowest BCUT2D eigenvalue weighted by molar-refractivity contribution is -0.134. The summed E-state index contributed by atoms with van der Waals surface area (Å²) in [4.78, 5) is 11.8. The molecule has 5 nitrogen and oxygen atoms in total. The molecule has 23 heavy (non-hydrogen) atoms. The van der Waals surface area contributed by atoms with Gasteiger partial charge >= 0.3 is 5.97 Å². The molecule has 0 aliphatic carbocycles. The first-order valence-electron chi connectivity index (χ1n) is 7.47. The zero-order chi connectivity index (χ0) is 17.0. The SMILES string of the molecule is CCOc1c(OCC)c(OC(=O)CC)c2ccc(Cl)cc2c1O. The van der Waals surface area contributed by atoms with Crippen LogP contribution in [-0.4, -0.2) is 24.3 Å². The minimum Gasteiger partial charge on any atom is -0.504 e. The number of fused-ring (bicyclic) bond motifs is 1. The molecule has 0 bridgehead atoms. The van der Waals surface area contributed by atoms with Gasteiger partial charge in [-0.15, -0.1) is 0 Å². The number of hydrogen-bond acceptors (Lipinski definition) is 5. The number of carbonyl (C=O) groups is 1. The Hall–Kier alpha value is -2.14. The molecule has 0 heterocycles. The number of esters is 1. The smallest absolute Gasteiger partial charge is 0.311 e.